The van der Waals surface area contributed by atoms with Gasteiger partial charge < -0.3 is 9.47 Å². The van der Waals surface area contributed by atoms with Crippen LogP contribution in [-0.2, 0) is 0 Å². The minimum Gasteiger partial charge on any atom is -0.310 e. The number of para-hydroxylation sites is 3. The van der Waals surface area contributed by atoms with Gasteiger partial charge in [-0.05, 0) is 105 Å². The van der Waals surface area contributed by atoms with Crippen LogP contribution in [-0.4, -0.2) is 4.57 Å². The lowest BCUT2D eigenvalue weighted by Gasteiger charge is -2.26. The zero-order valence-corrected chi connectivity index (χ0v) is 32.0. The highest BCUT2D eigenvalue weighted by molar-refractivity contribution is 6.10. The average molecular weight is 741 g/mol. The Bertz CT molecular complexity index is 2960. The molecule has 0 aliphatic carbocycles. The lowest BCUT2D eigenvalue weighted by molar-refractivity contribution is 1.18. The van der Waals surface area contributed by atoms with Gasteiger partial charge >= 0.3 is 0 Å². The lowest BCUT2D eigenvalue weighted by atomic mass is 9.85. The molecule has 10 rings (SSSR count). The smallest absolute Gasteiger partial charge is 0.0561 e. The summed E-state index contributed by atoms with van der Waals surface area (Å²) >= 11 is 0. The molecule has 0 radical (unpaired) electrons. The number of hydrogen-bond acceptors (Lipinski definition) is 1. The normalized spacial score (nSPS) is 11.1. The Kier molecular flexibility index (Phi) is 9.27. The van der Waals surface area contributed by atoms with Gasteiger partial charge in [0, 0.05) is 33.5 Å². The second-order valence-electron chi connectivity index (χ2n) is 14.5. The summed E-state index contributed by atoms with van der Waals surface area (Å²) in [5.74, 6) is 0. The Labute approximate surface area is 339 Å². The van der Waals surface area contributed by atoms with Gasteiger partial charge in [0.1, 0.15) is 0 Å². The molecule has 1 heterocycles. The fourth-order valence-corrected chi connectivity index (χ4v) is 8.36. The molecule has 0 unspecified atom stereocenters. The van der Waals surface area contributed by atoms with Crippen molar-refractivity contribution in [3.05, 3.63) is 265 Å². The second-order valence-corrected chi connectivity index (χ2v) is 14.5. The zero-order chi connectivity index (χ0) is 38.7. The molecule has 0 spiro atoms. The molecular formula is C56H40N2. The Balaban J connectivity index is 1.09. The molecule has 0 aliphatic heterocycles. The molecular weight excluding hydrogens is 701 g/mol. The number of fused-ring (bicyclic) bond motifs is 3. The number of hydrogen-bond donors (Lipinski definition) is 0. The van der Waals surface area contributed by atoms with Crippen molar-refractivity contribution in [3.63, 3.8) is 0 Å². The Morgan fingerprint density at radius 1 is 0.293 bits per heavy atom. The van der Waals surface area contributed by atoms with E-state index in [0.717, 1.165) is 33.9 Å². The summed E-state index contributed by atoms with van der Waals surface area (Å²) in [6.07, 6.45) is 0. The molecule has 0 aliphatic rings. The molecule has 0 saturated heterocycles. The van der Waals surface area contributed by atoms with Crippen molar-refractivity contribution in [3.8, 4) is 16.8 Å². The van der Waals surface area contributed by atoms with Gasteiger partial charge in [0.05, 0.1) is 11.0 Å². The summed E-state index contributed by atoms with van der Waals surface area (Å²) in [4.78, 5) is 2.36. The van der Waals surface area contributed by atoms with Crippen molar-refractivity contribution < 1.29 is 0 Å². The van der Waals surface area contributed by atoms with Crippen molar-refractivity contribution in [2.45, 2.75) is 0 Å². The van der Waals surface area contributed by atoms with Crippen molar-refractivity contribution in [1.29, 1.82) is 0 Å². The maximum Gasteiger partial charge on any atom is 0.0561 e. The summed E-state index contributed by atoms with van der Waals surface area (Å²) in [6, 6.07) is 87.2. The SMILES string of the molecule is c1ccc(C(=C(c2ccccc2)c2cccc(-c3ccc(N(c4ccccc4)c4ccc5c6ccccc6n(-c6ccccc6)c5c4)cc3)c2)c2ccccc2)cc1. The Morgan fingerprint density at radius 3 is 1.38 bits per heavy atom. The van der Waals surface area contributed by atoms with Crippen LogP contribution in [0.1, 0.15) is 22.3 Å². The zero-order valence-electron chi connectivity index (χ0n) is 32.0. The Morgan fingerprint density at radius 2 is 0.759 bits per heavy atom. The van der Waals surface area contributed by atoms with Crippen LogP contribution in [0.25, 0.3) is 49.8 Å². The van der Waals surface area contributed by atoms with Crippen LogP contribution in [0.5, 0.6) is 0 Å². The molecule has 9 aromatic carbocycles. The van der Waals surface area contributed by atoms with Crippen molar-refractivity contribution in [2.75, 3.05) is 4.90 Å². The highest BCUT2D eigenvalue weighted by Gasteiger charge is 2.19. The molecule has 0 bridgehead atoms. The number of aromatic nitrogens is 1. The van der Waals surface area contributed by atoms with Gasteiger partial charge in [0.15, 0.2) is 0 Å². The van der Waals surface area contributed by atoms with Crippen LogP contribution >= 0.6 is 0 Å². The van der Waals surface area contributed by atoms with Crippen LogP contribution in [0.15, 0.2) is 243 Å². The number of anilines is 3. The van der Waals surface area contributed by atoms with E-state index < -0.39 is 0 Å². The number of benzene rings is 9. The molecule has 58 heavy (non-hydrogen) atoms. The first kappa shape index (κ1) is 34.8. The van der Waals surface area contributed by atoms with Crippen molar-refractivity contribution in [1.82, 2.24) is 4.57 Å². The lowest BCUT2D eigenvalue weighted by Crippen LogP contribution is -2.10. The highest BCUT2D eigenvalue weighted by Crippen LogP contribution is 2.41. The van der Waals surface area contributed by atoms with E-state index in [-0.39, 0.29) is 0 Å². The fourth-order valence-electron chi connectivity index (χ4n) is 8.36. The third-order valence-electron chi connectivity index (χ3n) is 11.0. The predicted molar refractivity (Wildman–Crippen MR) is 245 cm³/mol. The summed E-state index contributed by atoms with van der Waals surface area (Å²) in [7, 11) is 0. The van der Waals surface area contributed by atoms with Crippen LogP contribution in [0.2, 0.25) is 0 Å². The highest BCUT2D eigenvalue weighted by atomic mass is 15.1. The van der Waals surface area contributed by atoms with E-state index in [0.29, 0.717) is 0 Å². The summed E-state index contributed by atoms with van der Waals surface area (Å²) in [6.45, 7) is 0. The summed E-state index contributed by atoms with van der Waals surface area (Å²) in [5.41, 5.74) is 16.3. The van der Waals surface area contributed by atoms with Gasteiger partial charge in [0.2, 0.25) is 0 Å². The molecule has 0 amide bonds. The first-order chi connectivity index (χ1) is 28.8. The fraction of sp³-hybridized carbons (Fsp3) is 0. The molecule has 0 fully saturated rings. The van der Waals surface area contributed by atoms with Crippen LogP contribution in [0, 0.1) is 0 Å². The van der Waals surface area contributed by atoms with Crippen molar-refractivity contribution in [2.24, 2.45) is 0 Å². The van der Waals surface area contributed by atoms with Crippen LogP contribution in [0.3, 0.4) is 0 Å². The maximum atomic E-state index is 2.38. The molecule has 0 N–H and O–H groups in total. The topological polar surface area (TPSA) is 8.17 Å². The molecule has 274 valence electrons. The first-order valence-electron chi connectivity index (χ1n) is 19.9. The van der Waals surface area contributed by atoms with E-state index in [1.807, 2.05) is 0 Å². The van der Waals surface area contributed by atoms with Gasteiger partial charge in [-0.3, -0.25) is 0 Å². The van der Waals surface area contributed by atoms with Crippen LogP contribution < -0.4 is 4.90 Å². The molecule has 2 heteroatoms. The van der Waals surface area contributed by atoms with Gasteiger partial charge in [-0.25, -0.2) is 0 Å². The van der Waals surface area contributed by atoms with Crippen molar-refractivity contribution >= 4 is 50.0 Å². The monoisotopic (exact) mass is 740 g/mol. The minimum absolute atomic E-state index is 1.09. The molecule has 1 aromatic heterocycles. The van der Waals surface area contributed by atoms with Gasteiger partial charge in [0.25, 0.3) is 0 Å². The van der Waals surface area contributed by atoms with E-state index in [1.165, 1.54) is 55.2 Å². The first-order valence-corrected chi connectivity index (χ1v) is 19.9. The molecule has 0 atom stereocenters. The second kappa shape index (κ2) is 15.5. The Hall–Kier alpha value is -7.68. The van der Waals surface area contributed by atoms with Crippen LogP contribution in [0.4, 0.5) is 17.1 Å². The van der Waals surface area contributed by atoms with Gasteiger partial charge in [-0.2, -0.15) is 0 Å². The van der Waals surface area contributed by atoms with E-state index in [2.05, 4.69) is 252 Å². The van der Waals surface area contributed by atoms with E-state index in [1.54, 1.807) is 0 Å². The summed E-state index contributed by atoms with van der Waals surface area (Å²) < 4.78 is 2.38. The average Bonchev–Trinajstić information content (AvgIpc) is 3.64. The van der Waals surface area contributed by atoms with Gasteiger partial charge in [-0.1, -0.05) is 182 Å². The van der Waals surface area contributed by atoms with Gasteiger partial charge in [-0.15, -0.1) is 0 Å². The largest absolute Gasteiger partial charge is 0.310 e. The minimum atomic E-state index is 1.09. The third-order valence-corrected chi connectivity index (χ3v) is 11.0. The molecule has 0 saturated carbocycles. The van der Waals surface area contributed by atoms with E-state index in [4.69, 9.17) is 0 Å². The third kappa shape index (κ3) is 6.57. The molecule has 10 aromatic rings. The summed E-state index contributed by atoms with van der Waals surface area (Å²) in [5, 5.41) is 2.48. The van der Waals surface area contributed by atoms with E-state index >= 15 is 0 Å². The predicted octanol–water partition coefficient (Wildman–Crippen LogP) is 14.9. The standard InChI is InChI=1S/C56H40N2/c1-6-19-42(20-7-1)55(43-21-8-2-9-22-43)56(44-23-10-3-11-24-44)46-26-18-25-45(39-46)41-33-35-49(36-34-41)57(47-27-12-4-13-28-47)50-37-38-52-51-31-16-17-32-53(51)58(54(52)40-50)48-29-14-5-15-30-48/h1-40H. The molecule has 2 nitrogen and oxygen atoms in total. The van der Waals surface area contributed by atoms with E-state index in [9.17, 15) is 0 Å². The number of nitrogens with zero attached hydrogens (tertiary/aromatic N) is 2. The maximum absolute atomic E-state index is 2.38. The number of rotatable bonds is 9. The quantitative estimate of drug-likeness (QED) is 0.134.